The molecule has 0 aliphatic rings. The molecule has 28 heavy (non-hydrogen) atoms. The summed E-state index contributed by atoms with van der Waals surface area (Å²) in [6.07, 6.45) is -4.46. The van der Waals surface area contributed by atoms with E-state index in [2.05, 4.69) is 15.3 Å². The third-order valence-corrected chi connectivity index (χ3v) is 4.23. The van der Waals surface area contributed by atoms with E-state index < -0.39 is 11.7 Å². The highest BCUT2D eigenvalue weighted by Gasteiger charge is 2.30. The molecule has 0 aliphatic carbocycles. The molecule has 0 fully saturated rings. The Morgan fingerprint density at radius 2 is 1.71 bits per heavy atom. The lowest BCUT2D eigenvalue weighted by Gasteiger charge is -2.08. The Balaban J connectivity index is 1.70. The van der Waals surface area contributed by atoms with Gasteiger partial charge in [0, 0.05) is 11.1 Å². The lowest BCUT2D eigenvalue weighted by Crippen LogP contribution is -2.09. The topological polar surface area (TPSA) is 60.2 Å². The minimum atomic E-state index is -4.44. The summed E-state index contributed by atoms with van der Waals surface area (Å²) in [6.45, 7) is 0. The van der Waals surface area contributed by atoms with Gasteiger partial charge in [-0.2, -0.15) is 22.8 Å². The lowest BCUT2D eigenvalue weighted by molar-refractivity contribution is -0.137. The van der Waals surface area contributed by atoms with Gasteiger partial charge in [-0.05, 0) is 24.3 Å². The Labute approximate surface area is 157 Å². The number of halogens is 3. The van der Waals surface area contributed by atoms with Crippen LogP contribution in [0.25, 0.3) is 16.9 Å². The zero-order chi connectivity index (χ0) is 19.7. The van der Waals surface area contributed by atoms with E-state index in [0.29, 0.717) is 28.3 Å². The molecule has 0 bridgehead atoms. The van der Waals surface area contributed by atoms with Crippen molar-refractivity contribution < 1.29 is 18.0 Å². The van der Waals surface area contributed by atoms with Crippen LogP contribution in [0.4, 0.5) is 13.2 Å². The Bertz CT molecular complexity index is 1150. The lowest BCUT2D eigenvalue weighted by atomic mass is 10.1. The molecule has 0 N–H and O–H groups in total. The molecular weight excluding hydrogens is 369 g/mol. The number of hydrogen-bond donors (Lipinski definition) is 0. The number of benzene rings is 2. The normalized spacial score (nSPS) is 11.7. The molecule has 0 aliphatic heterocycles. The molecule has 2 heterocycles. The molecule has 2 aromatic heterocycles. The Kier molecular flexibility index (Phi) is 4.38. The maximum Gasteiger partial charge on any atom is 0.416 e. The van der Waals surface area contributed by atoms with Crippen LogP contribution in [0.3, 0.4) is 0 Å². The molecule has 0 spiro atoms. The number of hydrogen-bond acceptors (Lipinski definition) is 4. The van der Waals surface area contributed by atoms with Gasteiger partial charge in [-0.1, -0.05) is 42.5 Å². The van der Waals surface area contributed by atoms with Gasteiger partial charge in [-0.15, -0.1) is 10.2 Å². The summed E-state index contributed by atoms with van der Waals surface area (Å²) < 4.78 is 40.3. The number of carbonyl (C=O) groups excluding carboxylic acids is 1. The van der Waals surface area contributed by atoms with Gasteiger partial charge in [-0.25, -0.2) is 0 Å². The van der Waals surface area contributed by atoms with Gasteiger partial charge in [0.1, 0.15) is 0 Å². The van der Waals surface area contributed by atoms with Gasteiger partial charge in [0.15, 0.2) is 17.3 Å². The second-order valence-corrected chi connectivity index (χ2v) is 6.15. The van der Waals surface area contributed by atoms with Crippen LogP contribution in [0.1, 0.15) is 21.7 Å². The summed E-state index contributed by atoms with van der Waals surface area (Å²) >= 11 is 0. The SMILES string of the molecule is O=C(Cc1nnc2ccc(-c3cccc(C(F)(F)F)c3)nn12)c1ccccc1. The van der Waals surface area contributed by atoms with Crippen LogP contribution < -0.4 is 0 Å². The molecular formula is C20H13F3N4O. The van der Waals surface area contributed by atoms with Crippen molar-refractivity contribution >= 4 is 11.4 Å². The number of aromatic nitrogens is 4. The van der Waals surface area contributed by atoms with E-state index in [4.69, 9.17) is 0 Å². The van der Waals surface area contributed by atoms with Crippen LogP contribution in [-0.2, 0) is 12.6 Å². The smallest absolute Gasteiger partial charge is 0.294 e. The molecule has 140 valence electrons. The standard InChI is InChI=1S/C20H13F3N4O/c21-20(22,23)15-8-4-7-14(11-15)16-9-10-18-24-25-19(27(18)26-16)12-17(28)13-5-2-1-3-6-13/h1-11H,12H2. The fraction of sp³-hybridized carbons (Fsp3) is 0.100. The number of Topliss-reactive ketones (excluding diaryl/α,β-unsaturated/α-hetero) is 1. The number of ketones is 1. The maximum absolute atomic E-state index is 13.0. The van der Waals surface area contributed by atoms with Crippen molar-refractivity contribution in [3.63, 3.8) is 0 Å². The van der Waals surface area contributed by atoms with Crippen LogP contribution in [0.2, 0.25) is 0 Å². The molecule has 0 amide bonds. The highest BCUT2D eigenvalue weighted by Crippen LogP contribution is 2.31. The van der Waals surface area contributed by atoms with Gasteiger partial charge < -0.3 is 0 Å². The summed E-state index contributed by atoms with van der Waals surface area (Å²) in [6, 6.07) is 16.8. The molecule has 8 heteroatoms. The molecule has 4 rings (SSSR count). The van der Waals surface area contributed by atoms with Crippen molar-refractivity contribution in [1.29, 1.82) is 0 Å². The summed E-state index contributed by atoms with van der Waals surface area (Å²) in [4.78, 5) is 12.4. The molecule has 0 atom stereocenters. The van der Waals surface area contributed by atoms with Crippen molar-refractivity contribution in [2.45, 2.75) is 12.6 Å². The summed E-state index contributed by atoms with van der Waals surface area (Å²) in [7, 11) is 0. The fourth-order valence-electron chi connectivity index (χ4n) is 2.82. The highest BCUT2D eigenvalue weighted by atomic mass is 19.4. The van der Waals surface area contributed by atoms with E-state index in [1.54, 1.807) is 42.5 Å². The first kappa shape index (κ1) is 17.8. The monoisotopic (exact) mass is 382 g/mol. The summed E-state index contributed by atoms with van der Waals surface area (Å²) in [5, 5.41) is 12.3. The fourth-order valence-corrected chi connectivity index (χ4v) is 2.82. The van der Waals surface area contributed by atoms with E-state index in [-0.39, 0.29) is 12.2 Å². The summed E-state index contributed by atoms with van der Waals surface area (Å²) in [5.41, 5.74) is 0.826. The zero-order valence-corrected chi connectivity index (χ0v) is 14.4. The number of carbonyl (C=O) groups is 1. The van der Waals surface area contributed by atoms with Gasteiger partial charge >= 0.3 is 6.18 Å². The largest absolute Gasteiger partial charge is 0.416 e. The van der Waals surface area contributed by atoms with Crippen molar-refractivity contribution in [3.8, 4) is 11.3 Å². The second kappa shape index (κ2) is 6.88. The second-order valence-electron chi connectivity index (χ2n) is 6.15. The third kappa shape index (κ3) is 3.48. The van der Waals surface area contributed by atoms with Gasteiger partial charge in [0.05, 0.1) is 17.7 Å². The molecule has 0 radical (unpaired) electrons. The van der Waals surface area contributed by atoms with E-state index in [1.807, 2.05) is 6.07 Å². The van der Waals surface area contributed by atoms with Crippen LogP contribution >= 0.6 is 0 Å². The number of nitrogens with zero attached hydrogens (tertiary/aromatic N) is 4. The van der Waals surface area contributed by atoms with Crippen molar-refractivity contribution in [3.05, 3.63) is 83.7 Å². The Hall–Kier alpha value is -3.55. The van der Waals surface area contributed by atoms with E-state index in [1.165, 1.54) is 10.6 Å². The minimum Gasteiger partial charge on any atom is -0.294 e. The zero-order valence-electron chi connectivity index (χ0n) is 14.4. The molecule has 0 saturated heterocycles. The Morgan fingerprint density at radius 1 is 0.929 bits per heavy atom. The predicted octanol–water partition coefficient (Wildman–Crippen LogP) is 4.24. The maximum atomic E-state index is 13.0. The van der Waals surface area contributed by atoms with Crippen LogP contribution in [-0.4, -0.2) is 25.6 Å². The first-order valence-corrected chi connectivity index (χ1v) is 8.39. The van der Waals surface area contributed by atoms with Crippen molar-refractivity contribution in [2.24, 2.45) is 0 Å². The third-order valence-electron chi connectivity index (χ3n) is 4.23. The first-order chi connectivity index (χ1) is 13.4. The van der Waals surface area contributed by atoms with E-state index >= 15 is 0 Å². The van der Waals surface area contributed by atoms with Gasteiger partial charge in [-0.3, -0.25) is 4.79 Å². The van der Waals surface area contributed by atoms with Gasteiger partial charge in [0.25, 0.3) is 0 Å². The van der Waals surface area contributed by atoms with Gasteiger partial charge in [0.2, 0.25) is 0 Å². The highest BCUT2D eigenvalue weighted by molar-refractivity contribution is 5.97. The number of alkyl halides is 3. The molecule has 0 saturated carbocycles. The predicted molar refractivity (Wildman–Crippen MR) is 95.7 cm³/mol. The average molecular weight is 382 g/mol. The van der Waals surface area contributed by atoms with Crippen LogP contribution in [0.5, 0.6) is 0 Å². The molecule has 2 aromatic carbocycles. The van der Waals surface area contributed by atoms with E-state index in [0.717, 1.165) is 12.1 Å². The summed E-state index contributed by atoms with van der Waals surface area (Å²) in [5.74, 6) is 0.166. The average Bonchev–Trinajstić information content (AvgIpc) is 3.10. The van der Waals surface area contributed by atoms with Crippen LogP contribution in [0, 0.1) is 0 Å². The molecule has 5 nitrogen and oxygen atoms in total. The Morgan fingerprint density at radius 3 is 2.46 bits per heavy atom. The first-order valence-electron chi connectivity index (χ1n) is 8.39. The quantitative estimate of drug-likeness (QED) is 0.496. The minimum absolute atomic E-state index is 0.0236. The number of fused-ring (bicyclic) bond motifs is 1. The molecule has 4 aromatic rings. The van der Waals surface area contributed by atoms with E-state index in [9.17, 15) is 18.0 Å². The van der Waals surface area contributed by atoms with Crippen molar-refractivity contribution in [1.82, 2.24) is 19.8 Å². The van der Waals surface area contributed by atoms with Crippen LogP contribution in [0.15, 0.2) is 66.7 Å². The van der Waals surface area contributed by atoms with Crippen molar-refractivity contribution in [2.75, 3.05) is 0 Å². The number of rotatable bonds is 4. The molecule has 0 unspecified atom stereocenters.